The van der Waals surface area contributed by atoms with Crippen LogP contribution < -0.4 is 14.4 Å². The van der Waals surface area contributed by atoms with Gasteiger partial charge in [-0.25, -0.2) is 0 Å². The van der Waals surface area contributed by atoms with Gasteiger partial charge in [-0.15, -0.1) is 0 Å². The zero-order chi connectivity index (χ0) is 22.9. The Bertz CT molecular complexity index is 1100. The van der Waals surface area contributed by atoms with Crippen molar-refractivity contribution in [2.24, 2.45) is 0 Å². The molecule has 0 radical (unpaired) electrons. The first kappa shape index (κ1) is 23.0. The Labute approximate surface area is 203 Å². The predicted molar refractivity (Wildman–Crippen MR) is 137 cm³/mol. The summed E-state index contributed by atoms with van der Waals surface area (Å²) >= 11 is 6.72. The minimum Gasteiger partial charge on any atom is -0.491 e. The second-order valence-electron chi connectivity index (χ2n) is 7.04. The molecular weight excluding hydrogens is 454 g/mol. The first-order valence-corrected chi connectivity index (χ1v) is 11.7. The van der Waals surface area contributed by atoms with Crippen LogP contribution in [0.1, 0.15) is 5.56 Å². The molecule has 1 heterocycles. The van der Waals surface area contributed by atoms with Crippen LogP contribution in [-0.2, 0) is 9.53 Å². The van der Waals surface area contributed by atoms with Crippen molar-refractivity contribution in [1.29, 1.82) is 0 Å². The fraction of sp³-hybridized carbons (Fsp3) is 0.154. The first-order valence-electron chi connectivity index (χ1n) is 10.5. The van der Waals surface area contributed by atoms with Crippen LogP contribution in [-0.4, -0.2) is 36.7 Å². The third-order valence-electron chi connectivity index (χ3n) is 4.72. The summed E-state index contributed by atoms with van der Waals surface area (Å²) in [6.45, 7) is 1.91. The molecule has 4 rings (SSSR count). The van der Waals surface area contributed by atoms with Gasteiger partial charge in [0.15, 0.2) is 4.32 Å². The maximum absolute atomic E-state index is 12.8. The molecule has 0 aliphatic carbocycles. The lowest BCUT2D eigenvalue weighted by molar-refractivity contribution is -0.113. The molecule has 0 unspecified atom stereocenters. The van der Waals surface area contributed by atoms with Crippen molar-refractivity contribution in [2.75, 3.05) is 31.3 Å². The van der Waals surface area contributed by atoms with Crippen LogP contribution >= 0.6 is 24.0 Å². The van der Waals surface area contributed by atoms with E-state index >= 15 is 0 Å². The number of thioether (sulfide) groups is 1. The molecule has 1 aliphatic heterocycles. The van der Waals surface area contributed by atoms with E-state index in [0.717, 1.165) is 22.7 Å². The number of nitrogens with zero attached hydrogens (tertiary/aromatic N) is 1. The van der Waals surface area contributed by atoms with Gasteiger partial charge in [-0.2, -0.15) is 0 Å². The molecule has 1 amide bonds. The smallest absolute Gasteiger partial charge is 0.270 e. The van der Waals surface area contributed by atoms with Gasteiger partial charge in [-0.3, -0.25) is 9.69 Å². The molecule has 5 nitrogen and oxygen atoms in total. The lowest BCUT2D eigenvalue weighted by atomic mass is 10.2. The molecule has 3 aromatic rings. The second-order valence-corrected chi connectivity index (χ2v) is 8.72. The summed E-state index contributed by atoms with van der Waals surface area (Å²) in [5.74, 6) is 1.47. The Morgan fingerprint density at radius 1 is 0.758 bits per heavy atom. The van der Waals surface area contributed by atoms with Crippen LogP contribution in [0.25, 0.3) is 6.08 Å². The SMILES string of the molecule is O=C1/C(=C/c2ccc(OCCOCCOc3ccccc3)cc2)SC(=S)N1c1ccccc1. The summed E-state index contributed by atoms with van der Waals surface area (Å²) in [5.41, 5.74) is 1.69. The summed E-state index contributed by atoms with van der Waals surface area (Å²) in [6, 6.07) is 26.7. The van der Waals surface area contributed by atoms with Crippen LogP contribution in [0, 0.1) is 0 Å². The Hall–Kier alpha value is -3.13. The monoisotopic (exact) mass is 477 g/mol. The number of hydrogen-bond acceptors (Lipinski definition) is 6. The molecule has 168 valence electrons. The summed E-state index contributed by atoms with van der Waals surface area (Å²) in [4.78, 5) is 15.0. The van der Waals surface area contributed by atoms with E-state index in [-0.39, 0.29) is 5.91 Å². The van der Waals surface area contributed by atoms with Crippen LogP contribution in [0.4, 0.5) is 5.69 Å². The third kappa shape index (κ3) is 6.44. The maximum Gasteiger partial charge on any atom is 0.270 e. The number of carbonyl (C=O) groups excluding carboxylic acids is 1. The number of benzene rings is 3. The Kier molecular flexibility index (Phi) is 8.14. The number of hydrogen-bond donors (Lipinski definition) is 0. The molecule has 0 bridgehead atoms. The Morgan fingerprint density at radius 3 is 1.97 bits per heavy atom. The van der Waals surface area contributed by atoms with Crippen molar-refractivity contribution >= 4 is 46.0 Å². The zero-order valence-corrected chi connectivity index (χ0v) is 19.5. The van der Waals surface area contributed by atoms with Gasteiger partial charge in [0.1, 0.15) is 24.7 Å². The van der Waals surface area contributed by atoms with Gasteiger partial charge in [0.25, 0.3) is 5.91 Å². The van der Waals surface area contributed by atoms with E-state index in [1.54, 1.807) is 4.90 Å². The average molecular weight is 478 g/mol. The maximum atomic E-state index is 12.8. The molecule has 1 aliphatic rings. The highest BCUT2D eigenvalue weighted by Gasteiger charge is 2.33. The largest absolute Gasteiger partial charge is 0.491 e. The summed E-state index contributed by atoms with van der Waals surface area (Å²) < 4.78 is 17.4. The Morgan fingerprint density at radius 2 is 1.33 bits per heavy atom. The van der Waals surface area contributed by atoms with E-state index in [2.05, 4.69) is 0 Å². The average Bonchev–Trinajstić information content (AvgIpc) is 3.13. The molecular formula is C26H23NO4S2. The van der Waals surface area contributed by atoms with Gasteiger partial charge < -0.3 is 14.2 Å². The highest BCUT2D eigenvalue weighted by Crippen LogP contribution is 2.36. The number of thiocarbonyl (C=S) groups is 1. The van der Waals surface area contributed by atoms with Gasteiger partial charge in [0, 0.05) is 0 Å². The van der Waals surface area contributed by atoms with Crippen molar-refractivity contribution in [2.45, 2.75) is 0 Å². The summed E-state index contributed by atoms with van der Waals surface area (Å²) in [7, 11) is 0. The van der Waals surface area contributed by atoms with Gasteiger partial charge in [0.05, 0.1) is 23.8 Å². The quantitative estimate of drug-likeness (QED) is 0.216. The number of rotatable bonds is 10. The van der Waals surface area contributed by atoms with E-state index in [1.807, 2.05) is 91.0 Å². The van der Waals surface area contributed by atoms with Crippen LogP contribution in [0.2, 0.25) is 0 Å². The van der Waals surface area contributed by atoms with Crippen molar-refractivity contribution < 1.29 is 19.0 Å². The molecule has 0 saturated carbocycles. The van der Waals surface area contributed by atoms with E-state index in [4.69, 9.17) is 26.4 Å². The second kappa shape index (κ2) is 11.7. The molecule has 0 aromatic heterocycles. The molecule has 0 N–H and O–H groups in total. The van der Waals surface area contributed by atoms with E-state index < -0.39 is 0 Å². The number of ether oxygens (including phenoxy) is 3. The number of para-hydroxylation sites is 2. The van der Waals surface area contributed by atoms with Gasteiger partial charge in [-0.05, 0) is 48.0 Å². The third-order valence-corrected chi connectivity index (χ3v) is 6.02. The van der Waals surface area contributed by atoms with E-state index in [0.29, 0.717) is 35.7 Å². The van der Waals surface area contributed by atoms with Crippen molar-refractivity contribution in [3.8, 4) is 11.5 Å². The number of carbonyl (C=O) groups is 1. The fourth-order valence-corrected chi connectivity index (χ4v) is 4.43. The molecule has 33 heavy (non-hydrogen) atoms. The van der Waals surface area contributed by atoms with Gasteiger partial charge in [-0.1, -0.05) is 72.5 Å². The first-order chi connectivity index (χ1) is 16.2. The lowest BCUT2D eigenvalue weighted by Crippen LogP contribution is -2.27. The zero-order valence-electron chi connectivity index (χ0n) is 17.9. The standard InChI is InChI=1S/C26H23NO4S2/c28-25-24(33-26(32)27(25)21-7-3-1-4-8-21)19-20-11-13-23(14-12-20)31-18-16-29-15-17-30-22-9-5-2-6-10-22/h1-14,19H,15-18H2/b24-19-. The lowest BCUT2D eigenvalue weighted by Gasteiger charge is -2.13. The van der Waals surface area contributed by atoms with Gasteiger partial charge in [0.2, 0.25) is 0 Å². The summed E-state index contributed by atoms with van der Waals surface area (Å²) in [5, 5.41) is 0. The fourth-order valence-electron chi connectivity index (χ4n) is 3.13. The predicted octanol–water partition coefficient (Wildman–Crippen LogP) is 5.57. The van der Waals surface area contributed by atoms with Crippen LogP contribution in [0.3, 0.4) is 0 Å². The van der Waals surface area contributed by atoms with Crippen molar-refractivity contribution in [3.05, 3.63) is 95.4 Å². The molecule has 1 fully saturated rings. The number of anilines is 1. The molecule has 7 heteroatoms. The van der Waals surface area contributed by atoms with Crippen molar-refractivity contribution in [1.82, 2.24) is 0 Å². The minimum absolute atomic E-state index is 0.107. The molecule has 0 atom stereocenters. The van der Waals surface area contributed by atoms with Crippen molar-refractivity contribution in [3.63, 3.8) is 0 Å². The molecule has 1 saturated heterocycles. The Balaban J connectivity index is 1.21. The van der Waals surface area contributed by atoms with E-state index in [1.165, 1.54) is 11.8 Å². The summed E-state index contributed by atoms with van der Waals surface area (Å²) in [6.07, 6.45) is 1.85. The number of amides is 1. The highest BCUT2D eigenvalue weighted by atomic mass is 32.2. The van der Waals surface area contributed by atoms with E-state index in [9.17, 15) is 4.79 Å². The topological polar surface area (TPSA) is 48.0 Å². The van der Waals surface area contributed by atoms with Crippen LogP contribution in [0.15, 0.2) is 89.8 Å². The van der Waals surface area contributed by atoms with Crippen LogP contribution in [0.5, 0.6) is 11.5 Å². The molecule has 0 spiro atoms. The minimum atomic E-state index is -0.107. The normalized spacial score (nSPS) is 14.7. The molecule has 3 aromatic carbocycles. The van der Waals surface area contributed by atoms with Gasteiger partial charge >= 0.3 is 0 Å². The highest BCUT2D eigenvalue weighted by molar-refractivity contribution is 8.27.